The van der Waals surface area contributed by atoms with Crippen molar-refractivity contribution in [3.8, 4) is 23.0 Å². The predicted octanol–water partition coefficient (Wildman–Crippen LogP) is 5.64. The molecule has 0 aromatic heterocycles. The van der Waals surface area contributed by atoms with Crippen molar-refractivity contribution >= 4 is 0 Å². The van der Waals surface area contributed by atoms with Crippen molar-refractivity contribution in [3.05, 3.63) is 118 Å². The SMILES string of the molecule is Oc1ccc(CC(c2ccc(O)c(F)c2)(c2ccc(O)c(F)c2)c2ccc(O)c(F)c2)cc1F. The smallest absolute Gasteiger partial charge is 0.165 e. The molecule has 0 aliphatic carbocycles. The van der Waals surface area contributed by atoms with Crippen LogP contribution in [0.3, 0.4) is 0 Å². The van der Waals surface area contributed by atoms with E-state index < -0.39 is 51.7 Å². The Morgan fingerprint density at radius 3 is 1.12 bits per heavy atom. The maximum absolute atomic E-state index is 14.5. The molecule has 34 heavy (non-hydrogen) atoms. The zero-order valence-electron chi connectivity index (χ0n) is 17.4. The van der Waals surface area contributed by atoms with E-state index >= 15 is 0 Å². The minimum atomic E-state index is -1.58. The van der Waals surface area contributed by atoms with Gasteiger partial charge >= 0.3 is 0 Å². The van der Waals surface area contributed by atoms with Crippen LogP contribution in [0.15, 0.2) is 72.8 Å². The zero-order chi connectivity index (χ0) is 24.6. The standard InChI is InChI=1S/C26H18F4O4/c27-18-9-14(1-5-22(18)31)13-26(15-2-6-23(32)19(28)10-15,16-3-7-24(33)20(29)11-16)17-4-8-25(34)21(30)12-17/h1-12,31-34H,13H2. The lowest BCUT2D eigenvalue weighted by Gasteiger charge is -2.36. The molecule has 4 aromatic carbocycles. The second-order valence-electron chi connectivity index (χ2n) is 7.87. The molecule has 0 fully saturated rings. The van der Waals surface area contributed by atoms with Gasteiger partial charge in [-0.2, -0.15) is 0 Å². The molecule has 0 bridgehead atoms. The molecule has 0 spiro atoms. The zero-order valence-corrected chi connectivity index (χ0v) is 17.4. The molecule has 0 radical (unpaired) electrons. The fraction of sp³-hybridized carbons (Fsp3) is 0.0769. The minimum Gasteiger partial charge on any atom is -0.505 e. The van der Waals surface area contributed by atoms with Crippen LogP contribution >= 0.6 is 0 Å². The molecule has 0 heterocycles. The van der Waals surface area contributed by atoms with E-state index in [1.165, 1.54) is 24.3 Å². The van der Waals surface area contributed by atoms with Gasteiger partial charge in [-0.1, -0.05) is 24.3 Å². The van der Waals surface area contributed by atoms with Crippen LogP contribution < -0.4 is 0 Å². The van der Waals surface area contributed by atoms with Gasteiger partial charge in [0.1, 0.15) is 0 Å². The summed E-state index contributed by atoms with van der Waals surface area (Å²) in [6.07, 6.45) is -0.178. The van der Waals surface area contributed by atoms with E-state index in [4.69, 9.17) is 0 Å². The van der Waals surface area contributed by atoms with Crippen LogP contribution in [0.5, 0.6) is 23.0 Å². The average Bonchev–Trinajstić information content (AvgIpc) is 2.80. The number of phenolic OH excluding ortho intramolecular Hbond substituents is 4. The van der Waals surface area contributed by atoms with Gasteiger partial charge in [-0.15, -0.1) is 0 Å². The van der Waals surface area contributed by atoms with Crippen LogP contribution in [-0.2, 0) is 11.8 Å². The summed E-state index contributed by atoms with van der Waals surface area (Å²) in [7, 11) is 0. The molecule has 4 N–H and O–H groups in total. The fourth-order valence-electron chi connectivity index (χ4n) is 4.09. The van der Waals surface area contributed by atoms with Gasteiger partial charge in [-0.05, 0) is 77.2 Å². The number of hydrogen-bond donors (Lipinski definition) is 4. The molecule has 0 atom stereocenters. The number of benzene rings is 4. The number of hydrogen-bond acceptors (Lipinski definition) is 4. The first kappa shape index (κ1) is 23.0. The fourth-order valence-corrected chi connectivity index (χ4v) is 4.09. The molecule has 0 aliphatic heterocycles. The lowest BCUT2D eigenvalue weighted by molar-refractivity contribution is 0.425. The van der Waals surface area contributed by atoms with E-state index in [1.807, 2.05) is 0 Å². The highest BCUT2D eigenvalue weighted by Crippen LogP contribution is 2.45. The third-order valence-electron chi connectivity index (χ3n) is 5.80. The summed E-state index contributed by atoms with van der Waals surface area (Å²) in [5.74, 6) is -6.49. The molecular formula is C26H18F4O4. The third-order valence-corrected chi connectivity index (χ3v) is 5.80. The molecule has 4 nitrogen and oxygen atoms in total. The van der Waals surface area contributed by atoms with Gasteiger partial charge in [0.05, 0.1) is 0 Å². The minimum absolute atomic E-state index is 0.145. The van der Waals surface area contributed by atoms with Crippen LogP contribution in [0, 0.1) is 23.3 Å². The largest absolute Gasteiger partial charge is 0.505 e. The normalized spacial score (nSPS) is 11.5. The highest BCUT2D eigenvalue weighted by atomic mass is 19.1. The van der Waals surface area contributed by atoms with Crippen molar-refractivity contribution in [1.82, 2.24) is 0 Å². The molecule has 4 rings (SSSR count). The Morgan fingerprint density at radius 2 is 0.794 bits per heavy atom. The number of rotatable bonds is 5. The second kappa shape index (κ2) is 8.62. The molecular weight excluding hydrogens is 452 g/mol. The third kappa shape index (κ3) is 3.98. The van der Waals surface area contributed by atoms with E-state index in [0.29, 0.717) is 0 Å². The van der Waals surface area contributed by atoms with E-state index in [1.54, 1.807) is 0 Å². The van der Waals surface area contributed by atoms with E-state index in [0.717, 1.165) is 48.5 Å². The maximum atomic E-state index is 14.5. The van der Waals surface area contributed by atoms with Crippen molar-refractivity contribution in [1.29, 1.82) is 0 Å². The molecule has 0 saturated heterocycles. The predicted molar refractivity (Wildman–Crippen MR) is 116 cm³/mol. The van der Waals surface area contributed by atoms with Crippen molar-refractivity contribution in [2.24, 2.45) is 0 Å². The number of halogens is 4. The highest BCUT2D eigenvalue weighted by molar-refractivity contribution is 5.55. The van der Waals surface area contributed by atoms with E-state index in [-0.39, 0.29) is 28.7 Å². The second-order valence-corrected chi connectivity index (χ2v) is 7.87. The van der Waals surface area contributed by atoms with Crippen LogP contribution in [0.2, 0.25) is 0 Å². The number of aromatic hydroxyl groups is 4. The van der Waals surface area contributed by atoms with Crippen LogP contribution in [0.25, 0.3) is 0 Å². The lowest BCUT2D eigenvalue weighted by Crippen LogP contribution is -2.32. The molecule has 0 aliphatic rings. The Labute approximate surface area is 191 Å². The molecule has 0 unspecified atom stereocenters. The summed E-state index contributed by atoms with van der Waals surface area (Å²) in [5, 5.41) is 38.8. The van der Waals surface area contributed by atoms with Gasteiger partial charge in [0.15, 0.2) is 46.3 Å². The molecule has 0 amide bonds. The average molecular weight is 470 g/mol. The van der Waals surface area contributed by atoms with E-state index in [2.05, 4.69) is 0 Å². The molecule has 4 aromatic rings. The lowest BCUT2D eigenvalue weighted by atomic mass is 9.66. The van der Waals surface area contributed by atoms with Gasteiger partial charge in [-0.3, -0.25) is 0 Å². The summed E-state index contributed by atoms with van der Waals surface area (Å²) < 4.78 is 57.7. The maximum Gasteiger partial charge on any atom is 0.165 e. The Balaban J connectivity index is 2.10. The summed E-state index contributed by atoms with van der Waals surface area (Å²) in [6, 6.07) is 13.8. The Hall–Kier alpha value is -4.20. The summed E-state index contributed by atoms with van der Waals surface area (Å²) in [4.78, 5) is 0. The first-order valence-corrected chi connectivity index (χ1v) is 10.1. The number of phenols is 4. The first-order chi connectivity index (χ1) is 16.1. The van der Waals surface area contributed by atoms with Crippen molar-refractivity contribution < 1.29 is 38.0 Å². The van der Waals surface area contributed by atoms with Crippen molar-refractivity contribution in [2.45, 2.75) is 11.8 Å². The van der Waals surface area contributed by atoms with Gasteiger partial charge in [0.25, 0.3) is 0 Å². The molecule has 174 valence electrons. The Morgan fingerprint density at radius 1 is 0.471 bits per heavy atom. The van der Waals surface area contributed by atoms with Crippen molar-refractivity contribution in [2.75, 3.05) is 0 Å². The van der Waals surface area contributed by atoms with E-state index in [9.17, 15) is 38.0 Å². The molecule has 0 saturated carbocycles. The van der Waals surface area contributed by atoms with Crippen LogP contribution in [0.4, 0.5) is 17.6 Å². The molecule has 8 heteroatoms. The van der Waals surface area contributed by atoms with Crippen LogP contribution in [0.1, 0.15) is 22.3 Å². The first-order valence-electron chi connectivity index (χ1n) is 10.1. The Bertz CT molecular complexity index is 1260. The van der Waals surface area contributed by atoms with Gasteiger partial charge in [-0.25, -0.2) is 17.6 Å². The van der Waals surface area contributed by atoms with Gasteiger partial charge < -0.3 is 20.4 Å². The van der Waals surface area contributed by atoms with Gasteiger partial charge in [0.2, 0.25) is 0 Å². The van der Waals surface area contributed by atoms with Gasteiger partial charge in [0, 0.05) is 5.41 Å². The summed E-state index contributed by atoms with van der Waals surface area (Å²) in [6.45, 7) is 0. The van der Waals surface area contributed by atoms with Crippen molar-refractivity contribution in [3.63, 3.8) is 0 Å². The summed E-state index contributed by atoms with van der Waals surface area (Å²) >= 11 is 0. The van der Waals surface area contributed by atoms with Crippen LogP contribution in [-0.4, -0.2) is 20.4 Å². The summed E-state index contributed by atoms with van der Waals surface area (Å²) in [5.41, 5.74) is -0.865. The topological polar surface area (TPSA) is 80.9 Å². The quantitative estimate of drug-likeness (QED) is 0.225. The Kier molecular flexibility index (Phi) is 5.83. The highest BCUT2D eigenvalue weighted by Gasteiger charge is 2.38. The monoisotopic (exact) mass is 470 g/mol.